The number of halogens is 2. The van der Waals surface area contributed by atoms with Crippen LogP contribution in [0.3, 0.4) is 0 Å². The average Bonchev–Trinajstić information content (AvgIpc) is 2.41. The highest BCUT2D eigenvalue weighted by Crippen LogP contribution is 2.29. The lowest BCUT2D eigenvalue weighted by Crippen LogP contribution is -2.13. The fraction of sp³-hybridized carbons (Fsp3) is 0.0769. The van der Waals surface area contributed by atoms with Gasteiger partial charge in [-0.1, -0.05) is 23.7 Å². The molecule has 0 heterocycles. The molecule has 4 nitrogen and oxygen atoms in total. The van der Waals surface area contributed by atoms with Crippen LogP contribution in [0.15, 0.2) is 51.8 Å². The number of hydrogen-bond acceptors (Lipinski definition) is 3. The van der Waals surface area contributed by atoms with Crippen molar-refractivity contribution >= 4 is 43.2 Å². The molecule has 0 spiro atoms. The van der Waals surface area contributed by atoms with E-state index in [4.69, 9.17) is 16.3 Å². The third-order valence-electron chi connectivity index (χ3n) is 2.53. The molecule has 0 saturated heterocycles. The predicted molar refractivity (Wildman–Crippen MR) is 83.0 cm³/mol. The smallest absolute Gasteiger partial charge is 0.263 e. The summed E-state index contributed by atoms with van der Waals surface area (Å²) in [6, 6.07) is 11.2. The predicted octanol–water partition coefficient (Wildman–Crippen LogP) is 3.91. The standard InChI is InChI=1S/C13H11BrClNO3S/c1-19-12-8-9(6-7-11(12)15)16-20(17,18)13-5-3-2-4-10(13)14/h2-8,16H,1H3. The SMILES string of the molecule is COc1cc(NS(=O)(=O)c2ccccc2Br)ccc1Cl. The summed E-state index contributed by atoms with van der Waals surface area (Å²) in [4.78, 5) is 0.161. The molecular formula is C13H11BrClNO3S. The van der Waals surface area contributed by atoms with E-state index in [-0.39, 0.29) is 4.90 Å². The maximum atomic E-state index is 12.3. The van der Waals surface area contributed by atoms with Gasteiger partial charge < -0.3 is 4.74 Å². The van der Waals surface area contributed by atoms with Crippen LogP contribution in [0.1, 0.15) is 0 Å². The zero-order valence-electron chi connectivity index (χ0n) is 10.4. The molecule has 0 aliphatic carbocycles. The van der Waals surface area contributed by atoms with Crippen molar-refractivity contribution < 1.29 is 13.2 Å². The maximum absolute atomic E-state index is 12.3. The molecule has 106 valence electrons. The van der Waals surface area contributed by atoms with E-state index in [1.807, 2.05) is 0 Å². The van der Waals surface area contributed by atoms with E-state index in [0.29, 0.717) is 20.9 Å². The molecule has 2 aromatic carbocycles. The minimum absolute atomic E-state index is 0.161. The van der Waals surface area contributed by atoms with E-state index in [2.05, 4.69) is 20.7 Å². The lowest BCUT2D eigenvalue weighted by atomic mass is 10.3. The molecule has 0 atom stereocenters. The minimum atomic E-state index is -3.68. The Hall–Kier alpha value is -1.24. The Morgan fingerprint density at radius 1 is 1.20 bits per heavy atom. The fourth-order valence-corrected chi connectivity index (χ4v) is 3.84. The Morgan fingerprint density at radius 2 is 1.90 bits per heavy atom. The first-order valence-corrected chi connectivity index (χ1v) is 8.20. The van der Waals surface area contributed by atoms with E-state index in [0.717, 1.165) is 0 Å². The molecule has 0 radical (unpaired) electrons. The van der Waals surface area contributed by atoms with Gasteiger partial charge in [-0.3, -0.25) is 4.72 Å². The summed E-state index contributed by atoms with van der Waals surface area (Å²) in [5.41, 5.74) is 0.377. The molecule has 0 saturated carbocycles. The lowest BCUT2D eigenvalue weighted by molar-refractivity contribution is 0.415. The van der Waals surface area contributed by atoms with Crippen molar-refractivity contribution in [1.82, 2.24) is 0 Å². The molecule has 0 fully saturated rings. The number of anilines is 1. The van der Waals surface area contributed by atoms with Crippen molar-refractivity contribution in [2.45, 2.75) is 4.90 Å². The molecule has 2 rings (SSSR count). The van der Waals surface area contributed by atoms with Gasteiger partial charge >= 0.3 is 0 Å². The molecule has 1 N–H and O–H groups in total. The first kappa shape index (κ1) is 15.2. The van der Waals surface area contributed by atoms with Crippen molar-refractivity contribution in [3.63, 3.8) is 0 Å². The van der Waals surface area contributed by atoms with Gasteiger partial charge in [0.05, 0.1) is 17.8 Å². The van der Waals surface area contributed by atoms with Crippen LogP contribution < -0.4 is 9.46 Å². The Morgan fingerprint density at radius 3 is 2.55 bits per heavy atom. The van der Waals surface area contributed by atoms with E-state index in [9.17, 15) is 8.42 Å². The zero-order chi connectivity index (χ0) is 14.8. The number of benzene rings is 2. The number of rotatable bonds is 4. The second kappa shape index (κ2) is 6.03. The molecule has 0 bridgehead atoms. The molecule has 0 unspecified atom stereocenters. The van der Waals surface area contributed by atoms with Gasteiger partial charge in [0.2, 0.25) is 0 Å². The average molecular weight is 377 g/mol. The monoisotopic (exact) mass is 375 g/mol. The van der Waals surface area contributed by atoms with Crippen LogP contribution in [0, 0.1) is 0 Å². The highest BCUT2D eigenvalue weighted by Gasteiger charge is 2.17. The van der Waals surface area contributed by atoms with Crippen LogP contribution in [0.25, 0.3) is 0 Å². The molecule has 2 aromatic rings. The van der Waals surface area contributed by atoms with Crippen molar-refractivity contribution in [2.75, 3.05) is 11.8 Å². The van der Waals surface area contributed by atoms with Crippen LogP contribution in [0.4, 0.5) is 5.69 Å². The van der Waals surface area contributed by atoms with E-state index in [1.54, 1.807) is 30.3 Å². The van der Waals surface area contributed by atoms with Gasteiger partial charge in [-0.25, -0.2) is 8.42 Å². The Bertz CT molecular complexity index is 734. The summed E-state index contributed by atoms with van der Waals surface area (Å²) in [5.74, 6) is 0.402. The summed E-state index contributed by atoms with van der Waals surface area (Å²) < 4.78 is 32.6. The molecule has 0 aromatic heterocycles. The number of methoxy groups -OCH3 is 1. The number of sulfonamides is 1. The number of hydrogen-bond donors (Lipinski definition) is 1. The molecular weight excluding hydrogens is 366 g/mol. The third-order valence-corrected chi connectivity index (χ3v) is 5.24. The summed E-state index contributed by atoms with van der Waals surface area (Å²) >= 11 is 9.12. The van der Waals surface area contributed by atoms with E-state index < -0.39 is 10.0 Å². The molecule has 7 heteroatoms. The van der Waals surface area contributed by atoms with Crippen LogP contribution in [0.5, 0.6) is 5.75 Å². The summed E-state index contributed by atoms with van der Waals surface area (Å²) in [7, 11) is -2.21. The highest BCUT2D eigenvalue weighted by molar-refractivity contribution is 9.10. The van der Waals surface area contributed by atoms with Crippen molar-refractivity contribution in [2.24, 2.45) is 0 Å². The quantitative estimate of drug-likeness (QED) is 0.880. The van der Waals surface area contributed by atoms with Crippen LogP contribution in [-0.4, -0.2) is 15.5 Å². The Labute approximate surface area is 130 Å². The van der Waals surface area contributed by atoms with Crippen LogP contribution in [0.2, 0.25) is 5.02 Å². The van der Waals surface area contributed by atoms with E-state index in [1.165, 1.54) is 19.2 Å². The Kier molecular flexibility index (Phi) is 4.57. The van der Waals surface area contributed by atoms with Gasteiger partial charge in [0.25, 0.3) is 10.0 Å². The number of nitrogens with one attached hydrogen (secondary N) is 1. The van der Waals surface area contributed by atoms with Crippen LogP contribution >= 0.6 is 27.5 Å². The van der Waals surface area contributed by atoms with Gasteiger partial charge in [-0.05, 0) is 40.2 Å². The first-order valence-electron chi connectivity index (χ1n) is 5.55. The summed E-state index contributed by atoms with van der Waals surface area (Å²) in [5, 5.41) is 0.413. The van der Waals surface area contributed by atoms with Gasteiger partial charge in [-0.15, -0.1) is 0 Å². The highest BCUT2D eigenvalue weighted by atomic mass is 79.9. The Balaban J connectivity index is 2.36. The van der Waals surface area contributed by atoms with Crippen molar-refractivity contribution in [1.29, 1.82) is 0 Å². The first-order chi connectivity index (χ1) is 9.44. The van der Waals surface area contributed by atoms with Gasteiger partial charge in [0.15, 0.2) is 0 Å². The van der Waals surface area contributed by atoms with Crippen LogP contribution in [-0.2, 0) is 10.0 Å². The van der Waals surface area contributed by atoms with Crippen molar-refractivity contribution in [3.8, 4) is 5.75 Å². The molecule has 0 amide bonds. The second-order valence-electron chi connectivity index (χ2n) is 3.89. The molecule has 0 aliphatic rings. The molecule has 20 heavy (non-hydrogen) atoms. The van der Waals surface area contributed by atoms with E-state index >= 15 is 0 Å². The largest absolute Gasteiger partial charge is 0.495 e. The summed E-state index contributed by atoms with van der Waals surface area (Å²) in [6.07, 6.45) is 0. The second-order valence-corrected chi connectivity index (χ2v) is 6.80. The van der Waals surface area contributed by atoms with Gasteiger partial charge in [-0.2, -0.15) is 0 Å². The third kappa shape index (κ3) is 3.26. The van der Waals surface area contributed by atoms with Gasteiger partial charge in [0.1, 0.15) is 10.6 Å². The summed E-state index contributed by atoms with van der Waals surface area (Å²) in [6.45, 7) is 0. The topological polar surface area (TPSA) is 55.4 Å². The minimum Gasteiger partial charge on any atom is -0.495 e. The lowest BCUT2D eigenvalue weighted by Gasteiger charge is -2.11. The number of ether oxygens (including phenoxy) is 1. The molecule has 0 aliphatic heterocycles. The van der Waals surface area contributed by atoms with Gasteiger partial charge in [0, 0.05) is 10.5 Å². The zero-order valence-corrected chi connectivity index (χ0v) is 13.6. The van der Waals surface area contributed by atoms with Crippen molar-refractivity contribution in [3.05, 3.63) is 52.0 Å². The normalized spacial score (nSPS) is 11.2. The maximum Gasteiger partial charge on any atom is 0.263 e. The fourth-order valence-electron chi connectivity index (χ4n) is 1.60.